The molecular weight excluding hydrogens is 326 g/mol. The maximum atomic E-state index is 12.7. The number of carbonyl (C=O) groups excluding carboxylic acids is 1. The highest BCUT2D eigenvalue weighted by molar-refractivity contribution is 6.04. The van der Waals surface area contributed by atoms with Crippen LogP contribution in [0.15, 0.2) is 30.6 Å². The SMILES string of the molecule is CCc1cccc(CC)c1NC(=O)c1cnc(N2CCN(C)CC2)nc1. The van der Waals surface area contributed by atoms with Gasteiger partial charge >= 0.3 is 0 Å². The quantitative estimate of drug-likeness (QED) is 0.895. The molecular formula is C20H27N5O. The van der Waals surface area contributed by atoms with Crippen LogP contribution >= 0.6 is 0 Å². The Morgan fingerprint density at radius 1 is 1.04 bits per heavy atom. The van der Waals surface area contributed by atoms with Crippen molar-refractivity contribution in [1.82, 2.24) is 14.9 Å². The minimum absolute atomic E-state index is 0.162. The molecule has 0 bridgehead atoms. The van der Waals surface area contributed by atoms with Gasteiger partial charge < -0.3 is 15.1 Å². The topological polar surface area (TPSA) is 61.4 Å². The molecule has 26 heavy (non-hydrogen) atoms. The number of aryl methyl sites for hydroxylation is 2. The van der Waals surface area contributed by atoms with E-state index in [4.69, 9.17) is 0 Å². The fourth-order valence-corrected chi connectivity index (χ4v) is 3.20. The first-order valence-corrected chi connectivity index (χ1v) is 9.30. The Balaban J connectivity index is 1.73. The van der Waals surface area contributed by atoms with Crippen molar-refractivity contribution in [3.63, 3.8) is 0 Å². The zero-order valence-corrected chi connectivity index (χ0v) is 15.8. The van der Waals surface area contributed by atoms with Gasteiger partial charge in [0.1, 0.15) is 0 Å². The molecule has 1 aromatic carbocycles. The van der Waals surface area contributed by atoms with E-state index in [1.54, 1.807) is 12.4 Å². The van der Waals surface area contributed by atoms with Crippen molar-refractivity contribution in [3.05, 3.63) is 47.3 Å². The van der Waals surface area contributed by atoms with E-state index in [0.29, 0.717) is 11.5 Å². The predicted molar refractivity (Wildman–Crippen MR) is 105 cm³/mol. The number of piperazine rings is 1. The van der Waals surface area contributed by atoms with E-state index in [1.165, 1.54) is 0 Å². The number of carbonyl (C=O) groups is 1. The van der Waals surface area contributed by atoms with Gasteiger partial charge in [-0.05, 0) is 31.0 Å². The number of hydrogen-bond donors (Lipinski definition) is 1. The normalized spacial score (nSPS) is 15.1. The molecule has 1 saturated heterocycles. The number of amides is 1. The van der Waals surface area contributed by atoms with Crippen LogP contribution < -0.4 is 10.2 Å². The van der Waals surface area contributed by atoms with Crippen molar-refractivity contribution in [1.29, 1.82) is 0 Å². The van der Waals surface area contributed by atoms with Crippen LogP contribution in [0, 0.1) is 0 Å². The van der Waals surface area contributed by atoms with Gasteiger partial charge in [-0.15, -0.1) is 0 Å². The van der Waals surface area contributed by atoms with Crippen LogP contribution in [0.1, 0.15) is 35.3 Å². The molecule has 6 nitrogen and oxygen atoms in total. The highest BCUT2D eigenvalue weighted by Gasteiger charge is 2.17. The van der Waals surface area contributed by atoms with Crippen LogP contribution in [-0.4, -0.2) is 54.0 Å². The number of rotatable bonds is 5. The first kappa shape index (κ1) is 18.3. The fraction of sp³-hybridized carbons (Fsp3) is 0.450. The first-order chi connectivity index (χ1) is 12.6. The first-order valence-electron chi connectivity index (χ1n) is 9.30. The summed E-state index contributed by atoms with van der Waals surface area (Å²) < 4.78 is 0. The van der Waals surface area contributed by atoms with Crippen molar-refractivity contribution >= 4 is 17.5 Å². The number of para-hydroxylation sites is 1. The Morgan fingerprint density at radius 3 is 2.15 bits per heavy atom. The number of aromatic nitrogens is 2. The maximum Gasteiger partial charge on any atom is 0.258 e. The zero-order valence-electron chi connectivity index (χ0n) is 15.8. The number of anilines is 2. The van der Waals surface area contributed by atoms with Crippen LogP contribution in [-0.2, 0) is 12.8 Å². The molecule has 1 aromatic heterocycles. The molecule has 0 radical (unpaired) electrons. The smallest absolute Gasteiger partial charge is 0.258 e. The third-order valence-electron chi connectivity index (χ3n) is 4.92. The van der Waals surface area contributed by atoms with Crippen molar-refractivity contribution < 1.29 is 4.79 Å². The van der Waals surface area contributed by atoms with Gasteiger partial charge in [0.05, 0.1) is 5.56 Å². The summed E-state index contributed by atoms with van der Waals surface area (Å²) in [5.74, 6) is 0.531. The minimum atomic E-state index is -0.162. The standard InChI is InChI=1S/C20H27N5O/c1-4-15-7-6-8-16(5-2)18(15)23-19(26)17-13-21-20(22-14-17)25-11-9-24(3)10-12-25/h6-8,13-14H,4-5,9-12H2,1-3H3,(H,23,26). The molecule has 3 rings (SSSR count). The van der Waals surface area contributed by atoms with Gasteiger partial charge in [0.15, 0.2) is 0 Å². The summed E-state index contributed by atoms with van der Waals surface area (Å²) >= 11 is 0. The van der Waals surface area contributed by atoms with E-state index in [2.05, 4.69) is 58.1 Å². The Labute approximate surface area is 155 Å². The zero-order chi connectivity index (χ0) is 18.5. The van der Waals surface area contributed by atoms with Gasteiger partial charge in [-0.2, -0.15) is 0 Å². The van der Waals surface area contributed by atoms with Crippen molar-refractivity contribution in [2.24, 2.45) is 0 Å². The lowest BCUT2D eigenvalue weighted by Crippen LogP contribution is -2.45. The van der Waals surface area contributed by atoms with Crippen molar-refractivity contribution in [2.75, 3.05) is 43.4 Å². The molecule has 2 heterocycles. The second-order valence-electron chi connectivity index (χ2n) is 6.67. The van der Waals surface area contributed by atoms with Crippen LogP contribution in [0.25, 0.3) is 0 Å². The average Bonchev–Trinajstić information content (AvgIpc) is 2.68. The van der Waals surface area contributed by atoms with E-state index in [1.807, 2.05) is 6.07 Å². The largest absolute Gasteiger partial charge is 0.338 e. The minimum Gasteiger partial charge on any atom is -0.338 e. The molecule has 1 aliphatic heterocycles. The molecule has 6 heteroatoms. The van der Waals surface area contributed by atoms with E-state index in [9.17, 15) is 4.79 Å². The molecule has 1 N–H and O–H groups in total. The van der Waals surface area contributed by atoms with Crippen LogP contribution in [0.2, 0.25) is 0 Å². The van der Waals surface area contributed by atoms with Gasteiger partial charge in [0, 0.05) is 44.3 Å². The van der Waals surface area contributed by atoms with Gasteiger partial charge in [-0.3, -0.25) is 4.79 Å². The molecule has 0 spiro atoms. The summed E-state index contributed by atoms with van der Waals surface area (Å²) in [6.45, 7) is 8.01. The lowest BCUT2D eigenvalue weighted by molar-refractivity contribution is 0.102. The molecule has 1 fully saturated rings. The molecule has 0 aliphatic carbocycles. The molecule has 138 valence electrons. The Kier molecular flexibility index (Phi) is 5.83. The Hall–Kier alpha value is -2.47. The highest BCUT2D eigenvalue weighted by Crippen LogP contribution is 2.23. The van der Waals surface area contributed by atoms with E-state index in [0.717, 1.165) is 55.8 Å². The van der Waals surface area contributed by atoms with E-state index >= 15 is 0 Å². The maximum absolute atomic E-state index is 12.7. The van der Waals surface area contributed by atoms with Gasteiger partial charge in [-0.1, -0.05) is 32.0 Å². The third kappa shape index (κ3) is 4.02. The van der Waals surface area contributed by atoms with Gasteiger partial charge in [0.25, 0.3) is 5.91 Å². The number of likely N-dealkylation sites (N-methyl/N-ethyl adjacent to an activating group) is 1. The lowest BCUT2D eigenvalue weighted by Gasteiger charge is -2.32. The number of nitrogens with one attached hydrogen (secondary N) is 1. The average molecular weight is 353 g/mol. The summed E-state index contributed by atoms with van der Waals surface area (Å²) in [7, 11) is 2.12. The third-order valence-corrected chi connectivity index (χ3v) is 4.92. The second kappa shape index (κ2) is 8.27. The molecule has 1 aliphatic rings. The summed E-state index contributed by atoms with van der Waals surface area (Å²) in [5.41, 5.74) is 3.70. The molecule has 1 amide bonds. The number of hydrogen-bond acceptors (Lipinski definition) is 5. The lowest BCUT2D eigenvalue weighted by atomic mass is 10.0. The predicted octanol–water partition coefficient (Wildman–Crippen LogP) is 2.61. The molecule has 2 aromatic rings. The molecule has 0 saturated carbocycles. The fourth-order valence-electron chi connectivity index (χ4n) is 3.20. The molecule has 0 unspecified atom stereocenters. The van der Waals surface area contributed by atoms with Crippen LogP contribution in [0.5, 0.6) is 0 Å². The summed E-state index contributed by atoms with van der Waals surface area (Å²) in [4.78, 5) is 25.9. The highest BCUT2D eigenvalue weighted by atomic mass is 16.1. The number of benzene rings is 1. The van der Waals surface area contributed by atoms with Gasteiger partial charge in [0.2, 0.25) is 5.95 Å². The van der Waals surface area contributed by atoms with Gasteiger partial charge in [-0.25, -0.2) is 9.97 Å². The van der Waals surface area contributed by atoms with E-state index in [-0.39, 0.29) is 5.91 Å². The van der Waals surface area contributed by atoms with Crippen molar-refractivity contribution in [3.8, 4) is 0 Å². The summed E-state index contributed by atoms with van der Waals surface area (Å²) in [6.07, 6.45) is 5.00. The van der Waals surface area contributed by atoms with Crippen LogP contribution in [0.3, 0.4) is 0 Å². The van der Waals surface area contributed by atoms with Crippen molar-refractivity contribution in [2.45, 2.75) is 26.7 Å². The Morgan fingerprint density at radius 2 is 1.62 bits per heavy atom. The molecule has 0 atom stereocenters. The Bertz CT molecular complexity index is 729. The number of nitrogens with zero attached hydrogens (tertiary/aromatic N) is 4. The van der Waals surface area contributed by atoms with Crippen LogP contribution in [0.4, 0.5) is 11.6 Å². The van der Waals surface area contributed by atoms with E-state index < -0.39 is 0 Å². The summed E-state index contributed by atoms with van der Waals surface area (Å²) in [5, 5.41) is 3.06. The monoisotopic (exact) mass is 353 g/mol. The summed E-state index contributed by atoms with van der Waals surface area (Å²) in [6, 6.07) is 6.16. The second-order valence-corrected chi connectivity index (χ2v) is 6.67.